The van der Waals surface area contributed by atoms with E-state index < -0.39 is 0 Å². The number of hydrogen-bond acceptors (Lipinski definition) is 4. The zero-order chi connectivity index (χ0) is 13.8. The molecule has 106 valence electrons. The minimum atomic E-state index is -0.387. The first-order chi connectivity index (χ1) is 9.17. The summed E-state index contributed by atoms with van der Waals surface area (Å²) in [5.74, 6) is -0.0164. The van der Waals surface area contributed by atoms with E-state index in [1.807, 2.05) is 4.90 Å². The Kier molecular flexibility index (Phi) is 4.71. The zero-order valence-electron chi connectivity index (χ0n) is 11.6. The molecule has 5 heteroatoms. The Morgan fingerprint density at radius 2 is 2.05 bits per heavy atom. The lowest BCUT2D eigenvalue weighted by molar-refractivity contribution is 0.192. The molecule has 19 heavy (non-hydrogen) atoms. The van der Waals surface area contributed by atoms with E-state index in [1.54, 1.807) is 6.20 Å². The van der Waals surface area contributed by atoms with Gasteiger partial charge in [0.1, 0.15) is 0 Å². The van der Waals surface area contributed by atoms with E-state index >= 15 is 0 Å². The van der Waals surface area contributed by atoms with Gasteiger partial charge in [0, 0.05) is 44.0 Å². The average molecular weight is 267 g/mol. The Morgan fingerprint density at radius 1 is 1.37 bits per heavy atom. The summed E-state index contributed by atoms with van der Waals surface area (Å²) in [5.41, 5.74) is 0.314. The second kappa shape index (κ2) is 6.30. The van der Waals surface area contributed by atoms with Crippen LogP contribution in [0.3, 0.4) is 0 Å². The number of anilines is 1. The van der Waals surface area contributed by atoms with Crippen molar-refractivity contribution in [2.75, 3.05) is 31.1 Å². The third-order valence-corrected chi connectivity index (χ3v) is 3.95. The number of aliphatic hydroxyl groups is 1. The number of nitrogens with zero attached hydrogens (tertiary/aromatic N) is 3. The molecule has 1 aliphatic rings. The highest BCUT2D eigenvalue weighted by molar-refractivity contribution is 5.43. The van der Waals surface area contributed by atoms with Crippen LogP contribution < -0.4 is 4.90 Å². The van der Waals surface area contributed by atoms with Crippen LogP contribution in [0.15, 0.2) is 12.3 Å². The SMILES string of the molecule is CCC(C)N1CCN(c2nccc(CO)c2F)CC1. The maximum atomic E-state index is 14.1. The Balaban J connectivity index is 2.06. The molecule has 1 unspecified atom stereocenters. The van der Waals surface area contributed by atoms with Crippen molar-refractivity contribution in [1.29, 1.82) is 0 Å². The van der Waals surface area contributed by atoms with Crippen molar-refractivity contribution in [3.05, 3.63) is 23.6 Å². The summed E-state index contributed by atoms with van der Waals surface area (Å²) in [4.78, 5) is 8.51. The lowest BCUT2D eigenvalue weighted by atomic mass is 10.2. The van der Waals surface area contributed by atoms with E-state index in [1.165, 1.54) is 6.07 Å². The Morgan fingerprint density at radius 3 is 2.63 bits per heavy atom. The second-order valence-electron chi connectivity index (χ2n) is 5.05. The van der Waals surface area contributed by atoms with Gasteiger partial charge in [-0.05, 0) is 19.4 Å². The van der Waals surface area contributed by atoms with E-state index in [0.717, 1.165) is 32.6 Å². The normalized spacial score (nSPS) is 18.6. The molecule has 1 aliphatic heterocycles. The molecule has 4 nitrogen and oxygen atoms in total. The van der Waals surface area contributed by atoms with Gasteiger partial charge in [0.05, 0.1) is 6.61 Å². The van der Waals surface area contributed by atoms with Crippen molar-refractivity contribution < 1.29 is 9.50 Å². The van der Waals surface area contributed by atoms with Crippen LogP contribution in [-0.2, 0) is 6.61 Å². The quantitative estimate of drug-likeness (QED) is 0.900. The first-order valence-corrected chi connectivity index (χ1v) is 6.90. The molecule has 0 radical (unpaired) electrons. The number of halogens is 1. The smallest absolute Gasteiger partial charge is 0.171 e. The molecule has 1 saturated heterocycles. The summed E-state index contributed by atoms with van der Waals surface area (Å²) >= 11 is 0. The summed E-state index contributed by atoms with van der Waals surface area (Å²) in [6.45, 7) is 7.54. The first-order valence-electron chi connectivity index (χ1n) is 6.90. The van der Waals surface area contributed by atoms with Gasteiger partial charge in [-0.25, -0.2) is 9.37 Å². The zero-order valence-corrected chi connectivity index (χ0v) is 11.6. The highest BCUT2D eigenvalue weighted by atomic mass is 19.1. The van der Waals surface area contributed by atoms with E-state index in [2.05, 4.69) is 23.7 Å². The Labute approximate surface area is 113 Å². The van der Waals surface area contributed by atoms with Gasteiger partial charge in [-0.3, -0.25) is 4.90 Å². The fraction of sp³-hybridized carbons (Fsp3) is 0.643. The minimum Gasteiger partial charge on any atom is -0.392 e. The second-order valence-corrected chi connectivity index (χ2v) is 5.05. The van der Waals surface area contributed by atoms with Crippen molar-refractivity contribution in [1.82, 2.24) is 9.88 Å². The van der Waals surface area contributed by atoms with Crippen LogP contribution in [0.5, 0.6) is 0 Å². The standard InChI is InChI=1S/C14H22FN3O/c1-3-11(2)17-6-8-18(9-7-17)14-13(15)12(10-19)4-5-16-14/h4-5,11,19H,3,6-10H2,1-2H3. The summed E-state index contributed by atoms with van der Waals surface area (Å²) in [6, 6.07) is 2.09. The van der Waals surface area contributed by atoms with Gasteiger partial charge in [-0.2, -0.15) is 0 Å². The number of rotatable bonds is 4. The van der Waals surface area contributed by atoms with Crippen molar-refractivity contribution in [3.63, 3.8) is 0 Å². The van der Waals surface area contributed by atoms with Crippen LogP contribution in [-0.4, -0.2) is 47.2 Å². The van der Waals surface area contributed by atoms with Gasteiger partial charge in [0.2, 0.25) is 0 Å². The fourth-order valence-corrected chi connectivity index (χ4v) is 2.45. The molecule has 0 aliphatic carbocycles. The molecule has 2 rings (SSSR count). The molecular formula is C14H22FN3O. The summed E-state index contributed by atoms with van der Waals surface area (Å²) < 4.78 is 14.1. The summed E-state index contributed by atoms with van der Waals surface area (Å²) in [7, 11) is 0. The largest absolute Gasteiger partial charge is 0.392 e. The van der Waals surface area contributed by atoms with Gasteiger partial charge in [-0.15, -0.1) is 0 Å². The van der Waals surface area contributed by atoms with Crippen molar-refractivity contribution in [3.8, 4) is 0 Å². The number of aromatic nitrogens is 1. The summed E-state index contributed by atoms with van der Waals surface area (Å²) in [5, 5.41) is 9.09. The average Bonchev–Trinajstić information content (AvgIpc) is 2.47. The molecule has 1 aromatic heterocycles. The monoisotopic (exact) mass is 267 g/mol. The van der Waals surface area contributed by atoms with E-state index in [0.29, 0.717) is 17.4 Å². The van der Waals surface area contributed by atoms with Gasteiger partial charge < -0.3 is 10.0 Å². The Bertz CT molecular complexity index is 419. The number of piperazine rings is 1. The van der Waals surface area contributed by atoms with Crippen LogP contribution >= 0.6 is 0 Å². The van der Waals surface area contributed by atoms with Crippen LogP contribution in [0, 0.1) is 5.82 Å². The lowest BCUT2D eigenvalue weighted by Crippen LogP contribution is -2.50. The summed E-state index contributed by atoms with van der Waals surface area (Å²) in [6.07, 6.45) is 2.69. The highest BCUT2D eigenvalue weighted by Gasteiger charge is 2.23. The molecule has 2 heterocycles. The van der Waals surface area contributed by atoms with Gasteiger partial charge in [-0.1, -0.05) is 6.92 Å². The Hall–Kier alpha value is -1.20. The van der Waals surface area contributed by atoms with Gasteiger partial charge in [0.15, 0.2) is 11.6 Å². The van der Waals surface area contributed by atoms with E-state index in [-0.39, 0.29) is 12.4 Å². The van der Waals surface area contributed by atoms with Crippen molar-refractivity contribution in [2.24, 2.45) is 0 Å². The number of aliphatic hydroxyl groups excluding tert-OH is 1. The van der Waals surface area contributed by atoms with Crippen LogP contribution in [0.2, 0.25) is 0 Å². The van der Waals surface area contributed by atoms with Gasteiger partial charge >= 0.3 is 0 Å². The van der Waals surface area contributed by atoms with Crippen LogP contribution in [0.4, 0.5) is 10.2 Å². The van der Waals surface area contributed by atoms with Crippen LogP contribution in [0.25, 0.3) is 0 Å². The fourth-order valence-electron chi connectivity index (χ4n) is 2.45. The minimum absolute atomic E-state index is 0.284. The molecule has 0 saturated carbocycles. The predicted octanol–water partition coefficient (Wildman–Crippen LogP) is 1.63. The maximum absolute atomic E-state index is 14.1. The molecule has 1 aromatic rings. The third-order valence-electron chi connectivity index (χ3n) is 3.95. The molecular weight excluding hydrogens is 245 g/mol. The van der Waals surface area contributed by atoms with Crippen molar-refractivity contribution in [2.45, 2.75) is 32.9 Å². The molecule has 0 spiro atoms. The van der Waals surface area contributed by atoms with E-state index in [9.17, 15) is 4.39 Å². The molecule has 1 N–H and O–H groups in total. The number of pyridine rings is 1. The molecule has 0 bridgehead atoms. The predicted molar refractivity (Wildman–Crippen MR) is 73.7 cm³/mol. The highest BCUT2D eigenvalue weighted by Crippen LogP contribution is 2.21. The van der Waals surface area contributed by atoms with Gasteiger partial charge in [0.25, 0.3) is 0 Å². The van der Waals surface area contributed by atoms with Crippen LogP contribution in [0.1, 0.15) is 25.8 Å². The molecule has 1 fully saturated rings. The molecule has 0 aromatic carbocycles. The van der Waals surface area contributed by atoms with E-state index in [4.69, 9.17) is 5.11 Å². The molecule has 1 atom stereocenters. The molecule has 0 amide bonds. The maximum Gasteiger partial charge on any atom is 0.171 e. The first kappa shape index (κ1) is 14.2. The third kappa shape index (κ3) is 3.04. The number of hydrogen-bond donors (Lipinski definition) is 1. The lowest BCUT2D eigenvalue weighted by Gasteiger charge is -2.38. The van der Waals surface area contributed by atoms with Crippen molar-refractivity contribution >= 4 is 5.82 Å². The topological polar surface area (TPSA) is 39.6 Å².